The van der Waals surface area contributed by atoms with Crippen LogP contribution < -0.4 is 16.0 Å². The Morgan fingerprint density at radius 1 is 0.289 bits per heavy atom. The van der Waals surface area contributed by atoms with E-state index in [2.05, 4.69) is 16.0 Å². The molecule has 0 spiro atoms. The van der Waals surface area contributed by atoms with E-state index in [0.717, 1.165) is 20.8 Å². The summed E-state index contributed by atoms with van der Waals surface area (Å²) in [5, 5.41) is 247. The lowest BCUT2D eigenvalue weighted by Crippen LogP contribution is -2.70. The molecule has 40 atom stereocenters. The normalized spacial score (nSPS) is 49.9. The van der Waals surface area contributed by atoms with Crippen molar-refractivity contribution in [1.82, 2.24) is 16.0 Å². The van der Waals surface area contributed by atoms with Crippen LogP contribution in [0.3, 0.4) is 0 Å². The lowest BCUT2D eigenvalue weighted by Gasteiger charge is -2.51. The summed E-state index contributed by atoms with van der Waals surface area (Å²) in [7, 11) is 0. The maximum atomic E-state index is 12.9. The Bertz CT molecular complexity index is 2490. The van der Waals surface area contributed by atoms with Crippen LogP contribution in [0, 0.1) is 0 Å². The van der Waals surface area contributed by atoms with Gasteiger partial charge in [-0.2, -0.15) is 0 Å². The van der Waals surface area contributed by atoms with Crippen LogP contribution in [0.25, 0.3) is 0 Å². The predicted octanol–water partition coefficient (Wildman–Crippen LogP) is -17.0. The molecule has 0 aromatic carbocycles. The van der Waals surface area contributed by atoms with Crippen LogP contribution in [0.1, 0.15) is 27.7 Å². The summed E-state index contributed by atoms with van der Waals surface area (Å²) in [4.78, 5) is 37.8. The van der Waals surface area contributed by atoms with E-state index in [1.54, 1.807) is 0 Å². The van der Waals surface area contributed by atoms with E-state index >= 15 is 0 Å². The van der Waals surface area contributed by atoms with Gasteiger partial charge < -0.3 is 199 Å². The zero-order valence-electron chi connectivity index (χ0n) is 52.2. The molecule has 8 heterocycles. The third kappa shape index (κ3) is 17.6. The van der Waals surface area contributed by atoms with Gasteiger partial charge in [0.15, 0.2) is 50.3 Å². The first-order chi connectivity index (χ1) is 45.8. The Balaban J connectivity index is 1.04. The summed E-state index contributed by atoms with van der Waals surface area (Å²) >= 11 is 0. The average Bonchev–Trinajstić information content (AvgIpc) is 0.790. The van der Waals surface area contributed by atoms with Crippen molar-refractivity contribution in [3.8, 4) is 0 Å². The van der Waals surface area contributed by atoms with Crippen molar-refractivity contribution in [1.29, 1.82) is 0 Å². The molecule has 562 valence electrons. The Hall–Kier alpha value is -3.07. The second-order valence-corrected chi connectivity index (χ2v) is 24.6. The molecule has 8 rings (SSSR count). The van der Waals surface area contributed by atoms with Crippen LogP contribution in [0.5, 0.6) is 0 Å². The van der Waals surface area contributed by atoms with Gasteiger partial charge in [-0.3, -0.25) is 14.4 Å². The fourth-order valence-electron chi connectivity index (χ4n) is 12.4. The summed E-state index contributed by atoms with van der Waals surface area (Å²) in [6, 6.07) is -5.35. The number of rotatable bonds is 24. The maximum Gasteiger partial charge on any atom is 0.217 e. The quantitative estimate of drug-likeness (QED) is 0.0427. The van der Waals surface area contributed by atoms with Gasteiger partial charge in [-0.25, -0.2) is 0 Å². The van der Waals surface area contributed by atoms with Gasteiger partial charge in [-0.15, -0.1) is 0 Å². The largest absolute Gasteiger partial charge is 0.394 e. The van der Waals surface area contributed by atoms with Crippen molar-refractivity contribution in [2.75, 3.05) is 46.2 Å². The maximum absolute atomic E-state index is 12.9. The summed E-state index contributed by atoms with van der Waals surface area (Å²) in [6.45, 7) is -2.61. The minimum Gasteiger partial charge on any atom is -0.394 e. The molecule has 0 aromatic rings. The molecule has 8 aliphatic heterocycles. The van der Waals surface area contributed by atoms with Gasteiger partial charge in [-0.1, -0.05) is 0 Å². The second-order valence-electron chi connectivity index (χ2n) is 24.6. The Kier molecular flexibility index (Phi) is 28.3. The number of hydrogen-bond acceptors (Lipinski definition) is 40. The highest BCUT2D eigenvalue weighted by atomic mass is 16.8. The molecule has 0 radical (unpaired) electrons. The van der Waals surface area contributed by atoms with E-state index in [0.29, 0.717) is 0 Å². The average molecular weight is 1420 g/mol. The van der Waals surface area contributed by atoms with Gasteiger partial charge >= 0.3 is 0 Å². The minimum absolute atomic E-state index is 0.785. The molecule has 8 aliphatic rings. The van der Waals surface area contributed by atoms with Crippen LogP contribution >= 0.6 is 0 Å². The van der Waals surface area contributed by atoms with Crippen LogP contribution in [-0.2, 0) is 85.4 Å². The van der Waals surface area contributed by atoms with Crippen LogP contribution in [-0.4, -0.2) is 422 Å². The summed E-state index contributed by atoms with van der Waals surface area (Å²) in [5.74, 6) is -2.57. The lowest BCUT2D eigenvalue weighted by atomic mass is 9.93. The Labute approximate surface area is 549 Å². The molecule has 25 N–H and O–H groups in total. The third-order valence-corrected chi connectivity index (χ3v) is 17.8. The fraction of sp³-hybridized carbons (Fsp3) is 0.944. The van der Waals surface area contributed by atoms with E-state index < -0.39 is 309 Å². The molecule has 3 amide bonds. The number of carbonyl (C=O) groups is 3. The Morgan fingerprint density at radius 3 is 1.05 bits per heavy atom. The molecule has 0 aliphatic carbocycles. The first kappa shape index (κ1) is 79.6. The molecule has 0 saturated carbocycles. The molecule has 0 unspecified atom stereocenters. The first-order valence-electron chi connectivity index (χ1n) is 31.0. The van der Waals surface area contributed by atoms with Crippen LogP contribution in [0.15, 0.2) is 0 Å². The fourth-order valence-corrected chi connectivity index (χ4v) is 12.4. The molecule has 97 heavy (non-hydrogen) atoms. The van der Waals surface area contributed by atoms with Crippen molar-refractivity contribution in [2.24, 2.45) is 0 Å². The lowest BCUT2D eigenvalue weighted by molar-refractivity contribution is -0.391. The molecular formula is C54H91N3O40. The number of ether oxygens (including phenoxy) is 15. The van der Waals surface area contributed by atoms with Crippen LogP contribution in [0.4, 0.5) is 0 Å². The highest BCUT2D eigenvalue weighted by molar-refractivity contribution is 5.74. The van der Waals surface area contributed by atoms with Gasteiger partial charge in [0.2, 0.25) is 17.7 Å². The number of nitrogens with one attached hydrogen (secondary N) is 3. The van der Waals surface area contributed by atoms with E-state index in [1.165, 1.54) is 6.92 Å². The summed E-state index contributed by atoms with van der Waals surface area (Å²) in [5.41, 5.74) is 0. The topological polar surface area (TPSA) is 671 Å². The number of amides is 3. The molecule has 43 nitrogen and oxygen atoms in total. The van der Waals surface area contributed by atoms with Gasteiger partial charge in [0, 0.05) is 20.8 Å². The predicted molar refractivity (Wildman–Crippen MR) is 298 cm³/mol. The van der Waals surface area contributed by atoms with Gasteiger partial charge in [0.1, 0.15) is 189 Å². The molecular weight excluding hydrogens is 1330 g/mol. The SMILES string of the molecule is CC(=O)N[C@@H]1[C@@H](O)[C@H](O[C@@H]2O[C@H](CO)[C@@H](O[C@@H]3O[C@H](CO[C@H]4O[C@H](CO)[C@@H](O)[C@H](O)[C@@H]4O)[C@@H](O)[C@H](O[C@H]4O[C@H](CO)[C@@H](O[C@@H]5O[C@H](CO)[C@@H](O[C@@H]6O[C@H](CO)[C@H](O)[C@H](O)[C@H]6O)[C@H](O)[C@H]5NC(C)=O)[C@H](O)[C@@H]4O)[C@@H]3O)[C@H](O)[C@H]2NC(C)=O)[C@@H](CO[C@@H]2O[C@@H](C)[C@@H](O)[C@@H](O)[C@@H]2O)O[C@H]1O. The summed E-state index contributed by atoms with van der Waals surface area (Å²) < 4.78 is 87.0. The smallest absolute Gasteiger partial charge is 0.217 e. The van der Waals surface area contributed by atoms with Crippen molar-refractivity contribution in [3.63, 3.8) is 0 Å². The standard InChI is InChI=1S/C54H91N3O40/c1-12-26(66)33(73)37(77)50(85-12)84-11-22-45(30(70)23(47(82)86-22)55-13(2)63)94-49-25(57-15(4)65)32(72)43(19(8-61)90-49)96-54-41(81)46(29(69)21(92-54)10-83-51-38(78)34(74)27(67)16(5-58)87-51)97-53-40(80)36(76)44(20(9-62)91-53)93-48-24(56-14(3)64)31(71)42(18(7-60)89-48)95-52-39(79)35(75)28(68)17(6-59)88-52/h12,16-54,58-62,66-82H,5-11H2,1-4H3,(H,55,63)(H,56,64)(H,57,65)/t12-,16+,17+,18+,19+,20+,21+,22+,23+,24+,25+,26+,27+,28-,29+,30+,31+,32+,33+,34-,35-,36+,37-,38-,39+,40-,41-,42+,43+,44+,45+,46-,47+,48-,49-,50+,51-,52-,53+,54-/m0/s1. The van der Waals surface area contributed by atoms with E-state index in [1.807, 2.05) is 0 Å². The zero-order chi connectivity index (χ0) is 71.5. The van der Waals surface area contributed by atoms with Crippen molar-refractivity contribution in [2.45, 2.75) is 273 Å². The van der Waals surface area contributed by atoms with Crippen LogP contribution in [0.2, 0.25) is 0 Å². The number of aliphatic hydroxyl groups excluding tert-OH is 22. The Morgan fingerprint density at radius 2 is 0.598 bits per heavy atom. The monoisotopic (exact) mass is 1420 g/mol. The highest BCUT2D eigenvalue weighted by Gasteiger charge is 2.59. The molecule has 8 saturated heterocycles. The number of carbonyl (C=O) groups excluding carboxylic acids is 3. The molecule has 0 bridgehead atoms. The number of hydrogen-bond donors (Lipinski definition) is 25. The number of aliphatic hydroxyl groups is 22. The summed E-state index contributed by atoms with van der Waals surface area (Å²) in [6.07, 6.45) is -71.8. The van der Waals surface area contributed by atoms with Gasteiger partial charge in [0.05, 0.1) is 52.4 Å². The van der Waals surface area contributed by atoms with Gasteiger partial charge in [-0.05, 0) is 6.92 Å². The van der Waals surface area contributed by atoms with E-state index in [4.69, 9.17) is 71.1 Å². The molecule has 43 heteroatoms. The first-order valence-corrected chi connectivity index (χ1v) is 31.0. The van der Waals surface area contributed by atoms with E-state index in [9.17, 15) is 127 Å². The zero-order valence-corrected chi connectivity index (χ0v) is 52.2. The van der Waals surface area contributed by atoms with Gasteiger partial charge in [0.25, 0.3) is 0 Å². The van der Waals surface area contributed by atoms with Crippen molar-refractivity contribution >= 4 is 17.7 Å². The second kappa shape index (κ2) is 34.5. The minimum atomic E-state index is -2.41. The highest BCUT2D eigenvalue weighted by Crippen LogP contribution is 2.38. The van der Waals surface area contributed by atoms with Crippen molar-refractivity contribution in [3.05, 3.63) is 0 Å². The third-order valence-electron chi connectivity index (χ3n) is 17.8. The van der Waals surface area contributed by atoms with Crippen molar-refractivity contribution < 1.29 is 198 Å². The molecule has 8 fully saturated rings. The van der Waals surface area contributed by atoms with E-state index in [-0.39, 0.29) is 0 Å². The molecule has 0 aromatic heterocycles.